The van der Waals surface area contributed by atoms with E-state index in [1.165, 1.54) is 12.1 Å². The summed E-state index contributed by atoms with van der Waals surface area (Å²) in [4.78, 5) is 4.30. The minimum Gasteiger partial charge on any atom is -0.389 e. The number of halogens is 1. The number of benzene rings is 1. The molecule has 2 aromatic rings. The van der Waals surface area contributed by atoms with Gasteiger partial charge in [0.25, 0.3) is 0 Å². The SMILES string of the molecule is C=CCOCC(O)CN(Cc1c(-c2ccc(F)cc2)noc1N1CCOCC1)CC1CCCO1. The highest BCUT2D eigenvalue weighted by Crippen LogP contribution is 2.33. The van der Waals surface area contributed by atoms with Crippen LogP contribution in [0.25, 0.3) is 11.3 Å². The molecule has 0 spiro atoms. The molecule has 2 unspecified atom stereocenters. The molecule has 1 aromatic heterocycles. The number of aliphatic hydroxyl groups excluding tert-OH is 1. The summed E-state index contributed by atoms with van der Waals surface area (Å²) in [5.41, 5.74) is 2.37. The Morgan fingerprint density at radius 2 is 2.06 bits per heavy atom. The zero-order chi connectivity index (χ0) is 23.8. The Morgan fingerprint density at radius 1 is 1.26 bits per heavy atom. The van der Waals surface area contributed by atoms with Gasteiger partial charge < -0.3 is 28.7 Å². The molecule has 2 aliphatic rings. The standard InChI is InChI=1S/C25H34FN3O5/c1-2-11-32-18-21(30)15-28(16-22-4-3-12-33-22)17-23-24(19-5-7-20(26)8-6-19)27-34-25(23)29-9-13-31-14-10-29/h2,5-8,21-22,30H,1,3-4,9-18H2. The average Bonchev–Trinajstić information content (AvgIpc) is 3.50. The number of ether oxygens (including phenoxy) is 3. The summed E-state index contributed by atoms with van der Waals surface area (Å²) in [6, 6.07) is 6.27. The van der Waals surface area contributed by atoms with Crippen LogP contribution in [0.2, 0.25) is 0 Å². The summed E-state index contributed by atoms with van der Waals surface area (Å²) >= 11 is 0. The van der Waals surface area contributed by atoms with Crippen molar-refractivity contribution in [1.82, 2.24) is 10.1 Å². The monoisotopic (exact) mass is 475 g/mol. The number of morpholine rings is 1. The first kappa shape index (κ1) is 24.8. The Bertz CT molecular complexity index is 894. The van der Waals surface area contributed by atoms with Crippen molar-refractivity contribution in [2.45, 2.75) is 31.6 Å². The molecule has 186 valence electrons. The molecule has 9 heteroatoms. The van der Waals surface area contributed by atoms with Crippen molar-refractivity contribution in [1.29, 1.82) is 0 Å². The van der Waals surface area contributed by atoms with Crippen LogP contribution in [0.5, 0.6) is 0 Å². The van der Waals surface area contributed by atoms with E-state index in [1.807, 2.05) is 0 Å². The third-order valence-electron chi connectivity index (χ3n) is 6.07. The number of aliphatic hydroxyl groups is 1. The van der Waals surface area contributed by atoms with Gasteiger partial charge in [0.2, 0.25) is 5.88 Å². The third kappa shape index (κ3) is 6.64. The molecule has 0 aliphatic carbocycles. The van der Waals surface area contributed by atoms with E-state index in [0.717, 1.165) is 30.6 Å². The maximum absolute atomic E-state index is 13.6. The fourth-order valence-electron chi connectivity index (χ4n) is 4.43. The van der Waals surface area contributed by atoms with Crippen molar-refractivity contribution < 1.29 is 28.2 Å². The molecule has 2 aliphatic heterocycles. The van der Waals surface area contributed by atoms with Crippen LogP contribution >= 0.6 is 0 Å². The molecule has 3 heterocycles. The van der Waals surface area contributed by atoms with Gasteiger partial charge in [0.1, 0.15) is 11.5 Å². The zero-order valence-electron chi connectivity index (χ0n) is 19.5. The van der Waals surface area contributed by atoms with Gasteiger partial charge in [-0.05, 0) is 37.1 Å². The molecule has 0 amide bonds. The van der Waals surface area contributed by atoms with Crippen LogP contribution in [-0.2, 0) is 20.8 Å². The summed E-state index contributed by atoms with van der Waals surface area (Å²) in [6.45, 7) is 9.25. The van der Waals surface area contributed by atoms with Gasteiger partial charge in [-0.3, -0.25) is 4.90 Å². The molecule has 2 fully saturated rings. The normalized spacial score (nSPS) is 19.6. The Hall–Kier alpha value is -2.30. The van der Waals surface area contributed by atoms with Crippen LogP contribution in [0.4, 0.5) is 10.3 Å². The minimum atomic E-state index is -0.665. The van der Waals surface area contributed by atoms with Crippen molar-refractivity contribution >= 4 is 5.88 Å². The maximum Gasteiger partial charge on any atom is 0.232 e. The van der Waals surface area contributed by atoms with Gasteiger partial charge in [0.15, 0.2) is 0 Å². The van der Waals surface area contributed by atoms with E-state index < -0.39 is 6.10 Å². The second-order valence-electron chi connectivity index (χ2n) is 8.73. The van der Waals surface area contributed by atoms with Gasteiger partial charge >= 0.3 is 0 Å². The van der Waals surface area contributed by atoms with Gasteiger partial charge in [-0.1, -0.05) is 11.2 Å². The number of rotatable bonds is 12. The quantitative estimate of drug-likeness (QED) is 0.371. The second kappa shape index (κ2) is 12.4. The van der Waals surface area contributed by atoms with Crippen molar-refractivity contribution in [3.8, 4) is 11.3 Å². The minimum absolute atomic E-state index is 0.113. The number of hydrogen-bond donors (Lipinski definition) is 1. The Balaban J connectivity index is 1.59. The smallest absolute Gasteiger partial charge is 0.232 e. The van der Waals surface area contributed by atoms with Crippen molar-refractivity contribution in [3.05, 3.63) is 48.3 Å². The van der Waals surface area contributed by atoms with Crippen LogP contribution in [0.15, 0.2) is 41.4 Å². The van der Waals surface area contributed by atoms with Gasteiger partial charge in [0.05, 0.1) is 44.2 Å². The van der Waals surface area contributed by atoms with E-state index in [1.54, 1.807) is 18.2 Å². The molecular weight excluding hydrogens is 441 g/mol. The van der Waals surface area contributed by atoms with Crippen LogP contribution in [0.3, 0.4) is 0 Å². The Kier molecular flexibility index (Phi) is 9.06. The highest BCUT2D eigenvalue weighted by molar-refractivity contribution is 5.68. The third-order valence-corrected chi connectivity index (χ3v) is 6.07. The fourth-order valence-corrected chi connectivity index (χ4v) is 4.43. The molecule has 1 aromatic carbocycles. The van der Waals surface area contributed by atoms with Crippen LogP contribution < -0.4 is 4.90 Å². The van der Waals surface area contributed by atoms with Crippen molar-refractivity contribution in [2.75, 3.05) is 64.1 Å². The second-order valence-corrected chi connectivity index (χ2v) is 8.73. The van der Waals surface area contributed by atoms with Crippen LogP contribution in [-0.4, -0.2) is 86.6 Å². The fraction of sp³-hybridized carbons (Fsp3) is 0.560. The molecule has 2 atom stereocenters. The number of aromatic nitrogens is 1. The van der Waals surface area contributed by atoms with Crippen molar-refractivity contribution in [2.24, 2.45) is 0 Å². The first-order chi connectivity index (χ1) is 16.6. The number of hydrogen-bond acceptors (Lipinski definition) is 8. The maximum atomic E-state index is 13.6. The molecule has 8 nitrogen and oxygen atoms in total. The highest BCUT2D eigenvalue weighted by Gasteiger charge is 2.28. The lowest BCUT2D eigenvalue weighted by Gasteiger charge is -2.30. The largest absolute Gasteiger partial charge is 0.389 e. The first-order valence-corrected chi connectivity index (χ1v) is 11.9. The number of anilines is 1. The van der Waals surface area contributed by atoms with Crippen molar-refractivity contribution in [3.63, 3.8) is 0 Å². The molecule has 0 saturated carbocycles. The lowest BCUT2D eigenvalue weighted by molar-refractivity contribution is 0.00857. The van der Waals surface area contributed by atoms with Gasteiger partial charge in [-0.2, -0.15) is 0 Å². The van der Waals surface area contributed by atoms with E-state index >= 15 is 0 Å². The average molecular weight is 476 g/mol. The summed E-state index contributed by atoms with van der Waals surface area (Å²) in [7, 11) is 0. The summed E-state index contributed by atoms with van der Waals surface area (Å²) < 4.78 is 36.3. The van der Waals surface area contributed by atoms with Gasteiger partial charge in [-0.25, -0.2) is 4.39 Å². The highest BCUT2D eigenvalue weighted by atomic mass is 19.1. The molecule has 1 N–H and O–H groups in total. The Morgan fingerprint density at radius 3 is 2.76 bits per heavy atom. The van der Waals surface area contributed by atoms with E-state index in [-0.39, 0.29) is 18.5 Å². The van der Waals surface area contributed by atoms with E-state index in [0.29, 0.717) is 64.1 Å². The lowest BCUT2D eigenvalue weighted by Crippen LogP contribution is -2.40. The number of nitrogens with zero attached hydrogens (tertiary/aromatic N) is 3. The predicted octanol–water partition coefficient (Wildman–Crippen LogP) is 2.86. The first-order valence-electron chi connectivity index (χ1n) is 11.9. The lowest BCUT2D eigenvalue weighted by atomic mass is 10.1. The van der Waals surface area contributed by atoms with E-state index in [9.17, 15) is 9.50 Å². The molecule has 34 heavy (non-hydrogen) atoms. The summed E-state index contributed by atoms with van der Waals surface area (Å²) in [5.74, 6) is 0.391. The summed E-state index contributed by atoms with van der Waals surface area (Å²) in [6.07, 6.45) is 3.14. The topological polar surface area (TPSA) is 80.4 Å². The zero-order valence-corrected chi connectivity index (χ0v) is 19.5. The summed E-state index contributed by atoms with van der Waals surface area (Å²) in [5, 5.41) is 15.0. The molecular formula is C25H34FN3O5. The van der Waals surface area contributed by atoms with Gasteiger partial charge in [0, 0.05) is 44.9 Å². The van der Waals surface area contributed by atoms with Gasteiger partial charge in [-0.15, -0.1) is 6.58 Å². The molecule has 2 saturated heterocycles. The van der Waals surface area contributed by atoms with E-state index in [2.05, 4.69) is 21.5 Å². The predicted molar refractivity (Wildman–Crippen MR) is 126 cm³/mol. The molecule has 4 rings (SSSR count). The molecule has 0 radical (unpaired) electrons. The Labute approximate surface area is 199 Å². The van der Waals surface area contributed by atoms with Crippen LogP contribution in [0.1, 0.15) is 18.4 Å². The van der Waals surface area contributed by atoms with E-state index in [4.69, 9.17) is 18.7 Å². The van der Waals surface area contributed by atoms with Crippen LogP contribution in [0, 0.1) is 5.82 Å². The molecule has 0 bridgehead atoms.